The molecule has 2 aromatic rings. The molecule has 3 N–H and O–H groups in total. The van der Waals surface area contributed by atoms with Crippen LogP contribution in [-0.2, 0) is 11.3 Å². The summed E-state index contributed by atoms with van der Waals surface area (Å²) in [5, 5.41) is 8.94. The van der Waals surface area contributed by atoms with E-state index >= 15 is 0 Å². The number of halogens is 2. The molecule has 0 saturated carbocycles. The van der Waals surface area contributed by atoms with Crippen LogP contribution < -0.4 is 5.73 Å². The van der Waals surface area contributed by atoms with Crippen molar-refractivity contribution in [3.05, 3.63) is 30.0 Å². The van der Waals surface area contributed by atoms with E-state index in [-0.39, 0.29) is 17.7 Å². The molecule has 0 unspecified atom stereocenters. The maximum Gasteiger partial charge on any atom is 0.323 e. The van der Waals surface area contributed by atoms with Crippen molar-refractivity contribution in [3.8, 4) is 0 Å². The fourth-order valence-electron chi connectivity index (χ4n) is 1.59. The second-order valence-corrected chi connectivity index (χ2v) is 3.39. The van der Waals surface area contributed by atoms with Crippen molar-refractivity contribution in [3.63, 3.8) is 0 Å². The summed E-state index contributed by atoms with van der Waals surface area (Å²) >= 11 is 0. The third-order valence-corrected chi connectivity index (χ3v) is 2.26. The number of benzene rings is 1. The number of nitrogen functional groups attached to an aromatic ring is 1. The molecular formula is C10H8F2N2O2. The predicted molar refractivity (Wildman–Crippen MR) is 53.9 cm³/mol. The smallest absolute Gasteiger partial charge is 0.323 e. The van der Waals surface area contributed by atoms with Crippen molar-refractivity contribution in [1.29, 1.82) is 0 Å². The Kier molecular flexibility index (Phi) is 2.26. The highest BCUT2D eigenvalue weighted by molar-refractivity contribution is 5.92. The third kappa shape index (κ3) is 1.58. The largest absolute Gasteiger partial charge is 0.480 e. The molecule has 0 saturated heterocycles. The lowest BCUT2D eigenvalue weighted by Gasteiger charge is -2.01. The van der Waals surface area contributed by atoms with E-state index < -0.39 is 17.6 Å². The number of anilines is 1. The van der Waals surface area contributed by atoms with Crippen LogP contribution in [0.1, 0.15) is 0 Å². The van der Waals surface area contributed by atoms with E-state index in [9.17, 15) is 13.6 Å². The third-order valence-electron chi connectivity index (χ3n) is 2.26. The van der Waals surface area contributed by atoms with Crippen molar-refractivity contribution in [2.45, 2.75) is 6.54 Å². The summed E-state index contributed by atoms with van der Waals surface area (Å²) in [7, 11) is 0. The Bertz CT molecular complexity index is 578. The number of aromatic nitrogens is 1. The van der Waals surface area contributed by atoms with Gasteiger partial charge in [0, 0.05) is 17.6 Å². The first-order valence-corrected chi connectivity index (χ1v) is 4.44. The Morgan fingerprint density at radius 2 is 2.00 bits per heavy atom. The highest BCUT2D eigenvalue weighted by Gasteiger charge is 2.12. The molecule has 0 spiro atoms. The summed E-state index contributed by atoms with van der Waals surface area (Å²) in [6, 6.07) is 1.89. The number of hydrogen-bond donors (Lipinski definition) is 2. The van der Waals surface area contributed by atoms with Gasteiger partial charge in [0.25, 0.3) is 0 Å². The second-order valence-electron chi connectivity index (χ2n) is 3.39. The van der Waals surface area contributed by atoms with Gasteiger partial charge in [-0.1, -0.05) is 0 Å². The highest BCUT2D eigenvalue weighted by Crippen LogP contribution is 2.25. The lowest BCUT2D eigenvalue weighted by Crippen LogP contribution is -2.07. The van der Waals surface area contributed by atoms with Gasteiger partial charge in [0.15, 0.2) is 11.6 Å². The zero-order chi connectivity index (χ0) is 11.9. The first-order chi connectivity index (χ1) is 7.49. The Morgan fingerprint density at radius 3 is 2.62 bits per heavy atom. The Labute approximate surface area is 88.9 Å². The number of aliphatic carboxylic acids is 1. The van der Waals surface area contributed by atoms with Crippen molar-refractivity contribution >= 4 is 22.6 Å². The SMILES string of the molecule is Nc1cn(CC(=O)O)c2cc(F)c(F)cc12. The van der Waals surface area contributed by atoms with Gasteiger partial charge in [0.2, 0.25) is 0 Å². The number of fused-ring (bicyclic) bond motifs is 1. The summed E-state index contributed by atoms with van der Waals surface area (Å²) in [6.45, 7) is -0.348. The molecule has 1 aromatic carbocycles. The molecule has 84 valence electrons. The standard InChI is InChI=1S/C10H8F2N2O2/c11-6-1-5-8(13)3-14(4-10(15)16)9(5)2-7(6)12/h1-3H,4,13H2,(H,15,16). The number of rotatable bonds is 2. The Hall–Kier alpha value is -2.11. The molecular weight excluding hydrogens is 218 g/mol. The van der Waals surface area contributed by atoms with Gasteiger partial charge in [-0.05, 0) is 6.07 Å². The van der Waals surface area contributed by atoms with E-state index in [1.807, 2.05) is 0 Å². The molecule has 0 fully saturated rings. The molecule has 0 aliphatic rings. The first-order valence-electron chi connectivity index (χ1n) is 4.44. The van der Waals surface area contributed by atoms with Crippen molar-refractivity contribution in [2.75, 3.05) is 5.73 Å². The lowest BCUT2D eigenvalue weighted by atomic mass is 10.2. The van der Waals surface area contributed by atoms with E-state index in [1.54, 1.807) is 0 Å². The number of carboxylic acids is 1. The molecule has 1 heterocycles. The van der Waals surface area contributed by atoms with Crippen molar-refractivity contribution < 1.29 is 18.7 Å². The molecule has 0 bridgehead atoms. The number of carboxylic acid groups (broad SMARTS) is 1. The van der Waals surface area contributed by atoms with Crippen LogP contribution in [0.5, 0.6) is 0 Å². The Morgan fingerprint density at radius 1 is 1.38 bits per heavy atom. The van der Waals surface area contributed by atoms with Gasteiger partial charge in [-0.15, -0.1) is 0 Å². The van der Waals surface area contributed by atoms with Gasteiger partial charge in [-0.3, -0.25) is 4.79 Å². The molecule has 0 radical (unpaired) electrons. The molecule has 0 amide bonds. The zero-order valence-corrected chi connectivity index (χ0v) is 8.08. The summed E-state index contributed by atoms with van der Waals surface area (Å²) in [6.07, 6.45) is 1.34. The number of nitrogens with zero attached hydrogens (tertiary/aromatic N) is 1. The van der Waals surface area contributed by atoms with Crippen LogP contribution in [-0.4, -0.2) is 15.6 Å². The molecule has 0 aliphatic carbocycles. The fourth-order valence-corrected chi connectivity index (χ4v) is 1.59. The molecule has 1 aromatic heterocycles. The minimum atomic E-state index is -1.08. The number of carbonyl (C=O) groups is 1. The second kappa shape index (κ2) is 3.48. The van der Waals surface area contributed by atoms with Crippen LogP contribution in [0, 0.1) is 11.6 Å². The van der Waals surface area contributed by atoms with E-state index in [0.29, 0.717) is 5.39 Å². The van der Waals surface area contributed by atoms with E-state index in [2.05, 4.69) is 0 Å². The summed E-state index contributed by atoms with van der Waals surface area (Å²) in [5.41, 5.74) is 6.05. The first kappa shape index (κ1) is 10.4. The number of nitrogens with two attached hydrogens (primary N) is 1. The fraction of sp³-hybridized carbons (Fsp3) is 0.100. The minimum Gasteiger partial charge on any atom is -0.480 e. The van der Waals surface area contributed by atoms with Gasteiger partial charge in [0.05, 0.1) is 11.2 Å². The Balaban J connectivity index is 2.68. The van der Waals surface area contributed by atoms with Crippen LogP contribution in [0.2, 0.25) is 0 Å². The summed E-state index contributed by atoms with van der Waals surface area (Å²) < 4.78 is 27.2. The van der Waals surface area contributed by atoms with Crippen molar-refractivity contribution in [2.24, 2.45) is 0 Å². The molecule has 6 heteroatoms. The molecule has 2 rings (SSSR count). The van der Waals surface area contributed by atoms with Crippen LogP contribution in [0.25, 0.3) is 10.9 Å². The van der Waals surface area contributed by atoms with Gasteiger partial charge < -0.3 is 15.4 Å². The quantitative estimate of drug-likeness (QED) is 0.816. The molecule has 16 heavy (non-hydrogen) atoms. The lowest BCUT2D eigenvalue weighted by molar-refractivity contribution is -0.137. The van der Waals surface area contributed by atoms with Gasteiger partial charge in [-0.2, -0.15) is 0 Å². The van der Waals surface area contributed by atoms with E-state index in [1.165, 1.54) is 10.8 Å². The summed E-state index contributed by atoms with van der Waals surface area (Å²) in [4.78, 5) is 10.5. The summed E-state index contributed by atoms with van der Waals surface area (Å²) in [5.74, 6) is -3.12. The van der Waals surface area contributed by atoms with Gasteiger partial charge in [-0.25, -0.2) is 8.78 Å². The van der Waals surface area contributed by atoms with Crippen molar-refractivity contribution in [1.82, 2.24) is 4.57 Å². The molecule has 0 atom stereocenters. The highest BCUT2D eigenvalue weighted by atomic mass is 19.2. The van der Waals surface area contributed by atoms with E-state index in [0.717, 1.165) is 12.1 Å². The zero-order valence-electron chi connectivity index (χ0n) is 8.08. The predicted octanol–water partition coefficient (Wildman–Crippen LogP) is 1.59. The van der Waals surface area contributed by atoms with Crippen LogP contribution in [0.3, 0.4) is 0 Å². The molecule has 4 nitrogen and oxygen atoms in total. The maximum absolute atomic E-state index is 13.0. The van der Waals surface area contributed by atoms with Gasteiger partial charge >= 0.3 is 5.97 Å². The average molecular weight is 226 g/mol. The van der Waals surface area contributed by atoms with Crippen LogP contribution in [0.4, 0.5) is 14.5 Å². The van der Waals surface area contributed by atoms with Gasteiger partial charge in [0.1, 0.15) is 6.54 Å². The topological polar surface area (TPSA) is 68.2 Å². The van der Waals surface area contributed by atoms with E-state index in [4.69, 9.17) is 10.8 Å². The monoisotopic (exact) mass is 226 g/mol. The van der Waals surface area contributed by atoms with Crippen LogP contribution in [0.15, 0.2) is 18.3 Å². The number of hydrogen-bond acceptors (Lipinski definition) is 2. The normalized spacial score (nSPS) is 10.9. The maximum atomic E-state index is 13.0. The average Bonchev–Trinajstić information content (AvgIpc) is 2.44. The van der Waals surface area contributed by atoms with Crippen LogP contribution >= 0.6 is 0 Å². The minimum absolute atomic E-state index is 0.218. The molecule has 0 aliphatic heterocycles.